The zero-order chi connectivity index (χ0) is 36.1. The van der Waals surface area contributed by atoms with Crippen LogP contribution in [0.3, 0.4) is 0 Å². The molecule has 0 rings (SSSR count). The Morgan fingerprint density at radius 3 is 1.33 bits per heavy atom. The van der Waals surface area contributed by atoms with Crippen molar-refractivity contribution in [2.45, 2.75) is 213 Å². The maximum Gasteiger partial charge on any atom is 0.472 e. The predicted molar refractivity (Wildman–Crippen MR) is 202 cm³/mol. The SMILES string of the molecule is CCCCCCCCCCCCCCCCCCCCCC(=O)OCC(O)COP(=O)(O)OCCNC(=O)CCCCCCCCCCC. The highest BCUT2D eigenvalue weighted by Gasteiger charge is 2.23. The van der Waals surface area contributed by atoms with Crippen molar-refractivity contribution in [1.29, 1.82) is 0 Å². The third kappa shape index (κ3) is 38.1. The van der Waals surface area contributed by atoms with Gasteiger partial charge in [-0.05, 0) is 12.8 Å². The summed E-state index contributed by atoms with van der Waals surface area (Å²) >= 11 is 0. The number of hydrogen-bond donors (Lipinski definition) is 3. The van der Waals surface area contributed by atoms with Crippen LogP contribution in [0.15, 0.2) is 0 Å². The molecule has 0 bridgehead atoms. The summed E-state index contributed by atoms with van der Waals surface area (Å²) in [6, 6.07) is 0. The lowest BCUT2D eigenvalue weighted by molar-refractivity contribution is -0.147. The Kier molecular flexibility index (Phi) is 36.0. The largest absolute Gasteiger partial charge is 0.472 e. The van der Waals surface area contributed by atoms with E-state index < -0.39 is 26.5 Å². The number of hydrogen-bond acceptors (Lipinski definition) is 7. The first-order valence-electron chi connectivity index (χ1n) is 20.5. The Balaban J connectivity index is 3.54. The van der Waals surface area contributed by atoms with Crippen LogP contribution in [0, 0.1) is 0 Å². The smallest absolute Gasteiger partial charge is 0.463 e. The highest BCUT2D eigenvalue weighted by atomic mass is 31.2. The molecule has 0 heterocycles. The number of carbonyl (C=O) groups excluding carboxylic acids is 2. The first-order valence-corrected chi connectivity index (χ1v) is 22.0. The quantitative estimate of drug-likeness (QED) is 0.0325. The van der Waals surface area contributed by atoms with Gasteiger partial charge in [-0.25, -0.2) is 4.57 Å². The molecule has 49 heavy (non-hydrogen) atoms. The van der Waals surface area contributed by atoms with Gasteiger partial charge in [-0.2, -0.15) is 0 Å². The summed E-state index contributed by atoms with van der Waals surface area (Å²) in [5.41, 5.74) is 0. The number of unbranched alkanes of at least 4 members (excludes halogenated alkanes) is 26. The van der Waals surface area contributed by atoms with Gasteiger partial charge in [0.1, 0.15) is 12.7 Å². The summed E-state index contributed by atoms with van der Waals surface area (Å²) < 4.78 is 26.8. The van der Waals surface area contributed by atoms with Crippen molar-refractivity contribution in [2.24, 2.45) is 0 Å². The lowest BCUT2D eigenvalue weighted by atomic mass is 10.0. The van der Waals surface area contributed by atoms with Gasteiger partial charge in [0.2, 0.25) is 5.91 Å². The highest BCUT2D eigenvalue weighted by Crippen LogP contribution is 2.42. The minimum atomic E-state index is -4.40. The van der Waals surface area contributed by atoms with Crippen LogP contribution in [0.2, 0.25) is 0 Å². The number of carbonyl (C=O) groups is 2. The fourth-order valence-corrected chi connectivity index (χ4v) is 6.67. The van der Waals surface area contributed by atoms with Crippen molar-refractivity contribution in [3.8, 4) is 0 Å². The van der Waals surface area contributed by atoms with Crippen LogP contribution in [0.1, 0.15) is 206 Å². The van der Waals surface area contributed by atoms with E-state index in [4.69, 9.17) is 13.8 Å². The minimum Gasteiger partial charge on any atom is -0.463 e. The van der Waals surface area contributed by atoms with Crippen LogP contribution in [-0.2, 0) is 27.9 Å². The summed E-state index contributed by atoms with van der Waals surface area (Å²) in [6.07, 6.45) is 34.7. The van der Waals surface area contributed by atoms with Crippen molar-refractivity contribution in [2.75, 3.05) is 26.4 Å². The van der Waals surface area contributed by atoms with Crippen molar-refractivity contribution in [1.82, 2.24) is 5.32 Å². The van der Waals surface area contributed by atoms with Crippen LogP contribution < -0.4 is 5.32 Å². The van der Waals surface area contributed by atoms with E-state index in [1.54, 1.807) is 0 Å². The van der Waals surface area contributed by atoms with Crippen molar-refractivity contribution in [3.63, 3.8) is 0 Å². The number of aliphatic hydroxyl groups is 1. The topological polar surface area (TPSA) is 131 Å². The van der Waals surface area contributed by atoms with E-state index in [0.717, 1.165) is 38.5 Å². The van der Waals surface area contributed by atoms with Crippen molar-refractivity contribution < 1.29 is 37.9 Å². The molecule has 9 nitrogen and oxygen atoms in total. The molecule has 2 atom stereocenters. The van der Waals surface area contributed by atoms with E-state index in [1.165, 1.54) is 141 Å². The summed E-state index contributed by atoms with van der Waals surface area (Å²) in [4.78, 5) is 33.7. The highest BCUT2D eigenvalue weighted by molar-refractivity contribution is 7.47. The molecule has 0 aliphatic carbocycles. The molecule has 0 saturated carbocycles. The number of amides is 1. The van der Waals surface area contributed by atoms with Crippen LogP contribution in [0.4, 0.5) is 0 Å². The van der Waals surface area contributed by atoms with Gasteiger partial charge in [0.05, 0.1) is 13.2 Å². The van der Waals surface area contributed by atoms with Gasteiger partial charge >= 0.3 is 13.8 Å². The van der Waals surface area contributed by atoms with E-state index in [-0.39, 0.29) is 25.7 Å². The maximum atomic E-state index is 12.0. The average Bonchev–Trinajstić information content (AvgIpc) is 3.08. The predicted octanol–water partition coefficient (Wildman–Crippen LogP) is 10.9. The molecule has 0 saturated heterocycles. The lowest BCUT2D eigenvalue weighted by Gasteiger charge is -2.15. The zero-order valence-electron chi connectivity index (χ0n) is 31.9. The number of esters is 1. The minimum absolute atomic E-state index is 0.0871. The maximum absolute atomic E-state index is 12.0. The Morgan fingerprint density at radius 2 is 0.918 bits per heavy atom. The van der Waals surface area contributed by atoms with E-state index in [2.05, 4.69) is 19.2 Å². The number of rotatable bonds is 39. The second-order valence-corrected chi connectivity index (χ2v) is 15.4. The molecule has 0 aromatic carbocycles. The van der Waals surface area contributed by atoms with E-state index in [1.807, 2.05) is 0 Å². The Morgan fingerprint density at radius 1 is 0.551 bits per heavy atom. The monoisotopic (exact) mass is 720 g/mol. The van der Waals surface area contributed by atoms with E-state index in [0.29, 0.717) is 12.8 Å². The normalized spacial score (nSPS) is 13.3. The van der Waals surface area contributed by atoms with Gasteiger partial charge in [-0.15, -0.1) is 0 Å². The van der Waals surface area contributed by atoms with Gasteiger partial charge in [0.25, 0.3) is 0 Å². The molecule has 292 valence electrons. The number of ether oxygens (including phenoxy) is 1. The summed E-state index contributed by atoms with van der Waals surface area (Å²) in [7, 11) is -4.40. The first-order chi connectivity index (χ1) is 23.8. The summed E-state index contributed by atoms with van der Waals surface area (Å²) in [5, 5.41) is 12.6. The van der Waals surface area contributed by atoms with Crippen LogP contribution >= 0.6 is 7.82 Å². The molecule has 0 aromatic heterocycles. The number of phosphoric acid groups is 1. The first kappa shape index (κ1) is 48.0. The fourth-order valence-electron chi connectivity index (χ4n) is 5.91. The van der Waals surface area contributed by atoms with Gasteiger partial charge in [-0.3, -0.25) is 18.6 Å². The van der Waals surface area contributed by atoms with Gasteiger partial charge < -0.3 is 20.1 Å². The van der Waals surface area contributed by atoms with Crippen LogP contribution in [-0.4, -0.2) is 54.3 Å². The van der Waals surface area contributed by atoms with Gasteiger partial charge in [-0.1, -0.05) is 181 Å². The molecule has 0 aliphatic heterocycles. The van der Waals surface area contributed by atoms with E-state index >= 15 is 0 Å². The summed E-state index contributed by atoms with van der Waals surface area (Å²) in [5.74, 6) is -0.509. The Hall–Kier alpha value is -0.990. The standard InChI is InChI=1S/C39H78NO8P/c1-3-5-7-9-11-13-14-15-16-17-18-19-20-21-22-24-26-28-30-32-39(43)46-35-37(41)36-48-49(44,45)47-34-33-40-38(42)31-29-27-25-23-12-10-8-6-4-2/h37,41H,3-36H2,1-2H3,(H,40,42)(H,44,45). The number of aliphatic hydroxyl groups excluding tert-OH is 1. The molecule has 0 aromatic rings. The Labute approximate surface area is 301 Å². The number of nitrogens with one attached hydrogen (secondary N) is 1. The molecule has 0 fully saturated rings. The van der Waals surface area contributed by atoms with Crippen LogP contribution in [0.25, 0.3) is 0 Å². The fraction of sp³-hybridized carbons (Fsp3) is 0.949. The lowest BCUT2D eigenvalue weighted by Crippen LogP contribution is -2.27. The van der Waals surface area contributed by atoms with E-state index in [9.17, 15) is 24.2 Å². The van der Waals surface area contributed by atoms with Crippen molar-refractivity contribution >= 4 is 19.7 Å². The molecular formula is C39H78NO8P. The second-order valence-electron chi connectivity index (χ2n) is 14.0. The average molecular weight is 720 g/mol. The Bertz CT molecular complexity index is 784. The zero-order valence-corrected chi connectivity index (χ0v) is 32.8. The van der Waals surface area contributed by atoms with Gasteiger partial charge in [0.15, 0.2) is 0 Å². The van der Waals surface area contributed by atoms with Crippen LogP contribution in [0.5, 0.6) is 0 Å². The molecular weight excluding hydrogens is 641 g/mol. The van der Waals surface area contributed by atoms with Gasteiger partial charge in [0, 0.05) is 19.4 Å². The molecule has 0 spiro atoms. The molecule has 2 unspecified atom stereocenters. The second kappa shape index (κ2) is 36.8. The molecule has 0 radical (unpaired) electrons. The third-order valence-electron chi connectivity index (χ3n) is 9.04. The van der Waals surface area contributed by atoms with Crippen molar-refractivity contribution in [3.05, 3.63) is 0 Å². The summed E-state index contributed by atoms with van der Waals surface area (Å²) in [6.45, 7) is 3.56. The molecule has 3 N–H and O–H groups in total. The molecule has 1 amide bonds. The molecule has 10 heteroatoms. The third-order valence-corrected chi connectivity index (χ3v) is 10.0. The number of phosphoric ester groups is 1. The molecule has 0 aliphatic rings.